The Labute approximate surface area is 160 Å². The van der Waals surface area contributed by atoms with Gasteiger partial charge in [0.15, 0.2) is 0 Å². The Hall–Kier alpha value is -2.91. The molecular weight excluding hydrogens is 356 g/mol. The quantitative estimate of drug-likeness (QED) is 0.531. The molecule has 4 nitrogen and oxygen atoms in total. The Morgan fingerprint density at radius 2 is 1.44 bits per heavy atom. The number of hydrogen-bond acceptors (Lipinski definition) is 3. The number of nitrogens with one attached hydrogen (secondary N) is 1. The van der Waals surface area contributed by atoms with E-state index in [-0.39, 0.29) is 4.90 Å². The highest BCUT2D eigenvalue weighted by atomic mass is 32.2. The first-order valence-corrected chi connectivity index (χ1v) is 10.0. The fourth-order valence-electron chi connectivity index (χ4n) is 2.59. The average Bonchev–Trinajstić information content (AvgIpc) is 2.69. The molecule has 0 atom stereocenters. The fourth-order valence-corrected chi connectivity index (χ4v) is 3.10. The van der Waals surface area contributed by atoms with Crippen LogP contribution in [0, 0.1) is 11.8 Å². The first kappa shape index (κ1) is 18.9. The Balaban J connectivity index is 1.51. The minimum atomic E-state index is -3.64. The van der Waals surface area contributed by atoms with Crippen LogP contribution in [-0.4, -0.2) is 15.0 Å². The third-order valence-corrected chi connectivity index (χ3v) is 4.95. The molecule has 0 aliphatic carbocycles. The van der Waals surface area contributed by atoms with Crippen molar-refractivity contribution in [3.63, 3.8) is 0 Å². The van der Waals surface area contributed by atoms with Gasteiger partial charge in [-0.15, -0.1) is 0 Å². The van der Waals surface area contributed by atoms with Gasteiger partial charge in [-0.05, 0) is 41.0 Å². The summed E-state index contributed by atoms with van der Waals surface area (Å²) < 4.78 is 22.4. The standard InChI is InChI=1S/C22H20N2O2S/c23-27(25,26)22-14-10-19(11-15-22)17-24-16-4-5-18-8-12-21(13-9-18)20-6-2-1-3-7-20/h1-3,6-15,24H,16-17H2,(H2,23,25,26). The predicted molar refractivity (Wildman–Crippen MR) is 108 cm³/mol. The monoisotopic (exact) mass is 376 g/mol. The molecule has 5 heteroatoms. The predicted octanol–water partition coefficient (Wildman–Crippen LogP) is 3.14. The number of primary sulfonamides is 1. The smallest absolute Gasteiger partial charge is 0.238 e. The van der Waals surface area contributed by atoms with Crippen molar-refractivity contribution in [3.8, 4) is 23.0 Å². The van der Waals surface area contributed by atoms with Crippen LogP contribution < -0.4 is 10.5 Å². The van der Waals surface area contributed by atoms with Gasteiger partial charge in [-0.3, -0.25) is 0 Å². The highest BCUT2D eigenvalue weighted by Crippen LogP contribution is 2.18. The van der Waals surface area contributed by atoms with Crippen molar-refractivity contribution in [1.29, 1.82) is 0 Å². The summed E-state index contributed by atoms with van der Waals surface area (Å²) in [7, 11) is -3.64. The molecule has 3 aromatic carbocycles. The van der Waals surface area contributed by atoms with Crippen molar-refractivity contribution in [1.82, 2.24) is 5.32 Å². The number of rotatable bonds is 5. The lowest BCUT2D eigenvalue weighted by atomic mass is 10.0. The maximum atomic E-state index is 11.2. The zero-order valence-corrected chi connectivity index (χ0v) is 15.5. The number of benzene rings is 3. The minimum absolute atomic E-state index is 0.116. The topological polar surface area (TPSA) is 72.2 Å². The van der Waals surface area contributed by atoms with Gasteiger partial charge in [0.25, 0.3) is 0 Å². The van der Waals surface area contributed by atoms with Gasteiger partial charge < -0.3 is 5.32 Å². The lowest BCUT2D eigenvalue weighted by molar-refractivity contribution is 0.597. The van der Waals surface area contributed by atoms with Crippen LogP contribution in [0.5, 0.6) is 0 Å². The van der Waals surface area contributed by atoms with Crippen LogP contribution >= 0.6 is 0 Å². The van der Waals surface area contributed by atoms with Gasteiger partial charge in [-0.2, -0.15) is 0 Å². The normalized spacial score (nSPS) is 10.9. The summed E-state index contributed by atoms with van der Waals surface area (Å²) in [5.41, 5.74) is 4.29. The van der Waals surface area contributed by atoms with E-state index in [2.05, 4.69) is 41.4 Å². The molecule has 0 unspecified atom stereocenters. The molecule has 0 saturated heterocycles. The molecule has 0 aliphatic heterocycles. The van der Waals surface area contributed by atoms with E-state index in [4.69, 9.17) is 5.14 Å². The Morgan fingerprint density at radius 3 is 2.07 bits per heavy atom. The summed E-state index contributed by atoms with van der Waals surface area (Å²) in [6, 6.07) is 24.9. The summed E-state index contributed by atoms with van der Waals surface area (Å²) in [6.45, 7) is 1.14. The summed E-state index contributed by atoms with van der Waals surface area (Å²) >= 11 is 0. The number of sulfonamides is 1. The van der Waals surface area contributed by atoms with Crippen molar-refractivity contribution in [3.05, 3.63) is 90.0 Å². The van der Waals surface area contributed by atoms with Crippen molar-refractivity contribution in [2.45, 2.75) is 11.4 Å². The second kappa shape index (κ2) is 8.65. The number of hydrogen-bond donors (Lipinski definition) is 2. The molecule has 0 saturated carbocycles. The average molecular weight is 376 g/mol. The largest absolute Gasteiger partial charge is 0.302 e. The Bertz CT molecular complexity index is 1050. The molecule has 3 N–H and O–H groups in total. The van der Waals surface area contributed by atoms with Crippen LogP contribution in [0.15, 0.2) is 83.8 Å². The van der Waals surface area contributed by atoms with E-state index in [0.29, 0.717) is 13.1 Å². The van der Waals surface area contributed by atoms with Crippen molar-refractivity contribution < 1.29 is 8.42 Å². The van der Waals surface area contributed by atoms with Crippen molar-refractivity contribution in [2.24, 2.45) is 5.14 Å². The molecule has 136 valence electrons. The van der Waals surface area contributed by atoms with Crippen LogP contribution in [0.2, 0.25) is 0 Å². The van der Waals surface area contributed by atoms with Crippen molar-refractivity contribution >= 4 is 10.0 Å². The molecule has 0 bridgehead atoms. The van der Waals surface area contributed by atoms with Crippen molar-refractivity contribution in [2.75, 3.05) is 6.54 Å². The van der Waals surface area contributed by atoms with E-state index in [0.717, 1.165) is 11.1 Å². The third kappa shape index (κ3) is 5.53. The molecule has 0 aliphatic rings. The molecule has 3 aromatic rings. The van der Waals surface area contributed by atoms with Gasteiger partial charge in [-0.1, -0.05) is 66.4 Å². The van der Waals surface area contributed by atoms with Gasteiger partial charge in [0, 0.05) is 12.1 Å². The number of nitrogens with two attached hydrogens (primary N) is 1. The van der Waals surface area contributed by atoms with E-state index in [1.807, 2.05) is 30.3 Å². The van der Waals surface area contributed by atoms with Crippen LogP contribution in [0.4, 0.5) is 0 Å². The third-order valence-electron chi connectivity index (χ3n) is 4.02. The molecule has 0 heterocycles. The zero-order valence-electron chi connectivity index (χ0n) is 14.7. The lowest BCUT2D eigenvalue weighted by Gasteiger charge is -2.03. The molecule has 0 fully saturated rings. The molecule has 27 heavy (non-hydrogen) atoms. The van der Waals surface area contributed by atoms with Gasteiger partial charge >= 0.3 is 0 Å². The van der Waals surface area contributed by atoms with Crippen LogP contribution in [-0.2, 0) is 16.6 Å². The molecular formula is C22H20N2O2S. The molecule has 0 radical (unpaired) electrons. The lowest BCUT2D eigenvalue weighted by Crippen LogP contribution is -2.14. The summed E-state index contributed by atoms with van der Waals surface area (Å²) in [4.78, 5) is 0.116. The first-order valence-electron chi connectivity index (χ1n) is 8.49. The summed E-state index contributed by atoms with van der Waals surface area (Å²) in [5.74, 6) is 6.22. The Morgan fingerprint density at radius 1 is 0.815 bits per heavy atom. The minimum Gasteiger partial charge on any atom is -0.302 e. The second-order valence-electron chi connectivity index (χ2n) is 6.04. The van der Waals surface area contributed by atoms with Crippen LogP contribution in [0.25, 0.3) is 11.1 Å². The van der Waals surface area contributed by atoms with Gasteiger partial charge in [-0.25, -0.2) is 13.6 Å². The Kier molecular flexibility index (Phi) is 6.05. The summed E-state index contributed by atoms with van der Waals surface area (Å²) in [6.07, 6.45) is 0. The molecule has 3 rings (SSSR count). The maximum Gasteiger partial charge on any atom is 0.238 e. The summed E-state index contributed by atoms with van der Waals surface area (Å²) in [5, 5.41) is 8.30. The SMILES string of the molecule is NS(=O)(=O)c1ccc(CNCC#Cc2ccc(-c3ccccc3)cc2)cc1. The van der Waals surface area contributed by atoms with Gasteiger partial charge in [0.2, 0.25) is 10.0 Å². The highest BCUT2D eigenvalue weighted by molar-refractivity contribution is 7.89. The van der Waals surface area contributed by atoms with Crippen LogP contribution in [0.1, 0.15) is 11.1 Å². The zero-order chi connectivity index (χ0) is 19.1. The van der Waals surface area contributed by atoms with E-state index in [1.54, 1.807) is 12.1 Å². The van der Waals surface area contributed by atoms with E-state index in [9.17, 15) is 8.42 Å². The van der Waals surface area contributed by atoms with E-state index < -0.39 is 10.0 Å². The molecule has 0 amide bonds. The fraction of sp³-hybridized carbons (Fsp3) is 0.0909. The van der Waals surface area contributed by atoms with Crippen LogP contribution in [0.3, 0.4) is 0 Å². The van der Waals surface area contributed by atoms with E-state index >= 15 is 0 Å². The first-order chi connectivity index (χ1) is 13.0. The van der Waals surface area contributed by atoms with Gasteiger partial charge in [0.05, 0.1) is 11.4 Å². The maximum absolute atomic E-state index is 11.2. The second-order valence-corrected chi connectivity index (χ2v) is 7.60. The molecule has 0 aromatic heterocycles. The van der Waals surface area contributed by atoms with E-state index in [1.165, 1.54) is 23.3 Å². The van der Waals surface area contributed by atoms with Gasteiger partial charge in [0.1, 0.15) is 0 Å². The molecule has 0 spiro atoms. The highest BCUT2D eigenvalue weighted by Gasteiger charge is 2.06.